The molecular weight excluding hydrogens is 276 g/mol. The third-order valence-corrected chi connectivity index (χ3v) is 3.91. The summed E-state index contributed by atoms with van der Waals surface area (Å²) >= 11 is 0. The third kappa shape index (κ3) is 2.77. The summed E-state index contributed by atoms with van der Waals surface area (Å²) in [5.74, 6) is 0.658. The first-order valence-corrected chi connectivity index (χ1v) is 7.57. The van der Waals surface area contributed by atoms with E-state index in [2.05, 4.69) is 12.1 Å². The molecule has 0 aliphatic carbocycles. The standard InChI is InChI=1S/C18H20N2O2/c1-13-18(21)20(12-6-9-14-7-3-2-4-8-14)17-15(19)10-5-11-16(17)22-13/h2-5,7-8,10-11,13H,6,9,12,19H2,1H3. The summed E-state index contributed by atoms with van der Waals surface area (Å²) in [4.78, 5) is 14.2. The third-order valence-electron chi connectivity index (χ3n) is 3.91. The van der Waals surface area contributed by atoms with E-state index in [1.54, 1.807) is 17.9 Å². The molecule has 0 spiro atoms. The van der Waals surface area contributed by atoms with Crippen molar-refractivity contribution in [1.82, 2.24) is 0 Å². The van der Waals surface area contributed by atoms with Gasteiger partial charge in [0.15, 0.2) is 6.10 Å². The smallest absolute Gasteiger partial charge is 0.267 e. The van der Waals surface area contributed by atoms with Crippen molar-refractivity contribution in [3.63, 3.8) is 0 Å². The quantitative estimate of drug-likeness (QED) is 0.882. The van der Waals surface area contributed by atoms with Gasteiger partial charge in [0.2, 0.25) is 0 Å². The molecule has 0 radical (unpaired) electrons. The van der Waals surface area contributed by atoms with Crippen molar-refractivity contribution < 1.29 is 9.53 Å². The van der Waals surface area contributed by atoms with Gasteiger partial charge in [-0.15, -0.1) is 0 Å². The lowest BCUT2D eigenvalue weighted by Gasteiger charge is -2.33. The van der Waals surface area contributed by atoms with Gasteiger partial charge in [0.1, 0.15) is 11.4 Å². The molecule has 0 saturated carbocycles. The summed E-state index contributed by atoms with van der Waals surface area (Å²) in [5.41, 5.74) is 8.61. The van der Waals surface area contributed by atoms with Crippen LogP contribution in [0.3, 0.4) is 0 Å². The molecule has 1 amide bonds. The lowest BCUT2D eigenvalue weighted by atomic mass is 10.1. The van der Waals surface area contributed by atoms with Crippen molar-refractivity contribution in [2.75, 3.05) is 17.2 Å². The van der Waals surface area contributed by atoms with E-state index in [0.717, 1.165) is 12.8 Å². The number of fused-ring (bicyclic) bond motifs is 1. The van der Waals surface area contributed by atoms with Crippen molar-refractivity contribution in [3.05, 3.63) is 54.1 Å². The van der Waals surface area contributed by atoms with Gasteiger partial charge in [-0.2, -0.15) is 0 Å². The Balaban J connectivity index is 1.76. The van der Waals surface area contributed by atoms with Gasteiger partial charge in [-0.3, -0.25) is 4.79 Å². The lowest BCUT2D eigenvalue weighted by Crippen LogP contribution is -2.45. The fraction of sp³-hybridized carbons (Fsp3) is 0.278. The maximum Gasteiger partial charge on any atom is 0.267 e. The second-order valence-corrected chi connectivity index (χ2v) is 5.53. The van der Waals surface area contributed by atoms with Gasteiger partial charge >= 0.3 is 0 Å². The van der Waals surface area contributed by atoms with E-state index in [1.807, 2.05) is 30.3 Å². The summed E-state index contributed by atoms with van der Waals surface area (Å²) < 4.78 is 5.65. The first kappa shape index (κ1) is 14.4. The number of carbonyl (C=O) groups is 1. The number of para-hydroxylation sites is 1. The molecule has 1 aliphatic heterocycles. The van der Waals surface area contributed by atoms with Crippen LogP contribution in [0.1, 0.15) is 18.9 Å². The highest BCUT2D eigenvalue weighted by Gasteiger charge is 2.32. The molecule has 4 nitrogen and oxygen atoms in total. The first-order chi connectivity index (χ1) is 10.7. The van der Waals surface area contributed by atoms with E-state index in [4.69, 9.17) is 10.5 Å². The zero-order valence-corrected chi connectivity index (χ0v) is 12.7. The fourth-order valence-electron chi connectivity index (χ4n) is 2.80. The monoisotopic (exact) mass is 296 g/mol. The molecule has 1 aliphatic rings. The van der Waals surface area contributed by atoms with Crippen LogP contribution in [0.5, 0.6) is 5.75 Å². The number of ether oxygens (including phenoxy) is 1. The first-order valence-electron chi connectivity index (χ1n) is 7.57. The van der Waals surface area contributed by atoms with Crippen molar-refractivity contribution in [1.29, 1.82) is 0 Å². The SMILES string of the molecule is CC1Oc2cccc(N)c2N(CCCc2ccccc2)C1=O. The van der Waals surface area contributed by atoms with Crippen molar-refractivity contribution in [3.8, 4) is 5.75 Å². The number of amides is 1. The Morgan fingerprint density at radius 1 is 1.14 bits per heavy atom. The minimum atomic E-state index is -0.467. The number of nitrogen functional groups attached to an aromatic ring is 1. The van der Waals surface area contributed by atoms with Gasteiger partial charge in [0, 0.05) is 6.54 Å². The van der Waals surface area contributed by atoms with Crippen molar-refractivity contribution in [2.45, 2.75) is 25.9 Å². The van der Waals surface area contributed by atoms with Gasteiger partial charge in [-0.05, 0) is 37.5 Å². The van der Waals surface area contributed by atoms with Crippen LogP contribution < -0.4 is 15.4 Å². The minimum absolute atomic E-state index is 0.0292. The molecule has 4 heteroatoms. The van der Waals surface area contributed by atoms with Crippen LogP contribution >= 0.6 is 0 Å². The Morgan fingerprint density at radius 3 is 2.68 bits per heavy atom. The fourth-order valence-corrected chi connectivity index (χ4v) is 2.80. The number of nitrogens with two attached hydrogens (primary N) is 1. The van der Waals surface area contributed by atoms with E-state index in [9.17, 15) is 4.79 Å². The molecule has 1 heterocycles. The molecule has 0 bridgehead atoms. The Hall–Kier alpha value is -2.49. The van der Waals surface area contributed by atoms with Gasteiger partial charge < -0.3 is 15.4 Å². The minimum Gasteiger partial charge on any atom is -0.479 e. The zero-order chi connectivity index (χ0) is 15.5. The number of hydrogen-bond donors (Lipinski definition) is 1. The van der Waals surface area contributed by atoms with Crippen LogP contribution in [0.4, 0.5) is 11.4 Å². The summed E-state index contributed by atoms with van der Waals surface area (Å²) in [7, 11) is 0. The number of benzene rings is 2. The molecule has 114 valence electrons. The average Bonchev–Trinajstić information content (AvgIpc) is 2.52. The van der Waals surface area contributed by atoms with Crippen LogP contribution in [0, 0.1) is 0 Å². The number of carbonyl (C=O) groups excluding carboxylic acids is 1. The molecule has 1 atom stereocenters. The maximum atomic E-state index is 12.4. The van der Waals surface area contributed by atoms with Gasteiger partial charge in [-0.25, -0.2) is 0 Å². The van der Waals surface area contributed by atoms with Crippen LogP contribution in [-0.4, -0.2) is 18.6 Å². The van der Waals surface area contributed by atoms with Crippen molar-refractivity contribution in [2.24, 2.45) is 0 Å². The molecule has 3 rings (SSSR count). The average molecular weight is 296 g/mol. The molecule has 0 saturated heterocycles. The predicted molar refractivity (Wildman–Crippen MR) is 88.1 cm³/mol. The summed E-state index contributed by atoms with van der Waals surface area (Å²) in [6.07, 6.45) is 1.35. The highest BCUT2D eigenvalue weighted by molar-refractivity contribution is 6.02. The Morgan fingerprint density at radius 2 is 1.91 bits per heavy atom. The second-order valence-electron chi connectivity index (χ2n) is 5.53. The van der Waals surface area contributed by atoms with E-state index < -0.39 is 6.10 Å². The normalized spacial score (nSPS) is 17.0. The van der Waals surface area contributed by atoms with Crippen LogP contribution in [0.25, 0.3) is 0 Å². The van der Waals surface area contributed by atoms with Crippen LogP contribution in [0.15, 0.2) is 48.5 Å². The molecule has 2 aromatic rings. The lowest BCUT2D eigenvalue weighted by molar-refractivity contribution is -0.125. The maximum absolute atomic E-state index is 12.4. The van der Waals surface area contributed by atoms with Crippen molar-refractivity contribution >= 4 is 17.3 Å². The van der Waals surface area contributed by atoms with E-state index in [-0.39, 0.29) is 5.91 Å². The largest absolute Gasteiger partial charge is 0.479 e. The van der Waals surface area contributed by atoms with E-state index >= 15 is 0 Å². The highest BCUT2D eigenvalue weighted by Crippen LogP contribution is 2.38. The van der Waals surface area contributed by atoms with Gasteiger partial charge in [0.25, 0.3) is 5.91 Å². The molecular formula is C18H20N2O2. The number of rotatable bonds is 4. The molecule has 0 fully saturated rings. The topological polar surface area (TPSA) is 55.6 Å². The predicted octanol–water partition coefficient (Wildman–Crippen LogP) is 3.02. The zero-order valence-electron chi connectivity index (χ0n) is 12.7. The Labute approximate surface area is 130 Å². The van der Waals surface area contributed by atoms with E-state index in [1.165, 1.54) is 5.56 Å². The van der Waals surface area contributed by atoms with Crippen LogP contribution in [-0.2, 0) is 11.2 Å². The number of hydrogen-bond acceptors (Lipinski definition) is 3. The second kappa shape index (κ2) is 6.10. The number of anilines is 2. The Kier molecular flexibility index (Phi) is 4.00. The summed E-state index contributed by atoms with van der Waals surface area (Å²) in [5, 5.41) is 0. The van der Waals surface area contributed by atoms with Crippen LogP contribution in [0.2, 0.25) is 0 Å². The molecule has 22 heavy (non-hydrogen) atoms. The molecule has 1 unspecified atom stereocenters. The Bertz CT molecular complexity index is 670. The number of nitrogens with zero attached hydrogens (tertiary/aromatic N) is 1. The molecule has 2 N–H and O–H groups in total. The highest BCUT2D eigenvalue weighted by atomic mass is 16.5. The summed E-state index contributed by atoms with van der Waals surface area (Å²) in [6.45, 7) is 2.42. The number of aryl methyl sites for hydroxylation is 1. The van der Waals surface area contributed by atoms with Gasteiger partial charge in [0.05, 0.1) is 5.69 Å². The van der Waals surface area contributed by atoms with Gasteiger partial charge in [-0.1, -0.05) is 36.4 Å². The summed E-state index contributed by atoms with van der Waals surface area (Å²) in [6, 6.07) is 15.8. The molecule has 2 aromatic carbocycles. The molecule has 0 aromatic heterocycles. The van der Waals surface area contributed by atoms with E-state index in [0.29, 0.717) is 23.7 Å².